The molecule has 0 spiro atoms. The lowest BCUT2D eigenvalue weighted by molar-refractivity contribution is 0.0948. The number of rotatable bonds is 4. The van der Waals surface area contributed by atoms with Crippen LogP contribution in [-0.2, 0) is 13.0 Å². The van der Waals surface area contributed by atoms with Crippen LogP contribution in [0.5, 0.6) is 5.75 Å². The van der Waals surface area contributed by atoms with Gasteiger partial charge in [0.15, 0.2) is 5.78 Å². The lowest BCUT2D eigenvalue weighted by atomic mass is 9.82. The van der Waals surface area contributed by atoms with Gasteiger partial charge in [0, 0.05) is 24.1 Å². The highest BCUT2D eigenvalue weighted by molar-refractivity contribution is 6.07. The molecule has 0 atom stereocenters. The monoisotopic (exact) mass is 399 g/mol. The van der Waals surface area contributed by atoms with Crippen molar-refractivity contribution < 1.29 is 14.7 Å². The molecule has 0 radical (unpaired) electrons. The summed E-state index contributed by atoms with van der Waals surface area (Å²) in [6.07, 6.45) is 1.93. The predicted molar refractivity (Wildman–Crippen MR) is 118 cm³/mol. The fourth-order valence-corrected chi connectivity index (χ4v) is 4.08. The van der Waals surface area contributed by atoms with E-state index in [1.165, 1.54) is 0 Å². The summed E-state index contributed by atoms with van der Waals surface area (Å²) in [6, 6.07) is 17.3. The van der Waals surface area contributed by atoms with Crippen LogP contribution in [0, 0.1) is 13.8 Å². The maximum atomic E-state index is 13.0. The van der Waals surface area contributed by atoms with Gasteiger partial charge in [0.2, 0.25) is 0 Å². The van der Waals surface area contributed by atoms with Gasteiger partial charge in [-0.15, -0.1) is 0 Å². The number of fused-ring (bicyclic) bond motifs is 1. The minimum atomic E-state index is -0.386. The lowest BCUT2D eigenvalue weighted by Gasteiger charge is -2.22. The molecule has 4 nitrogen and oxygen atoms in total. The van der Waals surface area contributed by atoms with Crippen LogP contribution in [0.2, 0.25) is 0 Å². The Bertz CT molecular complexity index is 1130. The number of Topliss-reactive ketones (excluding diaryl/α,β-unsaturated/α-hetero) is 1. The van der Waals surface area contributed by atoms with Crippen LogP contribution in [0.1, 0.15) is 55.8 Å². The average molecular weight is 399 g/mol. The van der Waals surface area contributed by atoms with Crippen LogP contribution in [-0.4, -0.2) is 16.8 Å². The van der Waals surface area contributed by atoms with Crippen molar-refractivity contribution in [3.05, 3.63) is 88.0 Å². The molecule has 0 heterocycles. The van der Waals surface area contributed by atoms with E-state index < -0.39 is 0 Å². The van der Waals surface area contributed by atoms with Gasteiger partial charge in [0.05, 0.1) is 5.56 Å². The zero-order valence-electron chi connectivity index (χ0n) is 17.3. The maximum Gasteiger partial charge on any atom is 0.255 e. The highest BCUT2D eigenvalue weighted by Crippen LogP contribution is 2.40. The molecule has 152 valence electrons. The Kier molecular flexibility index (Phi) is 5.40. The van der Waals surface area contributed by atoms with Gasteiger partial charge in [0.25, 0.3) is 5.91 Å². The first-order valence-corrected chi connectivity index (χ1v) is 10.3. The molecule has 0 saturated heterocycles. The summed E-state index contributed by atoms with van der Waals surface area (Å²) in [4.78, 5) is 25.6. The number of hydrogen-bond acceptors (Lipinski definition) is 3. The van der Waals surface area contributed by atoms with Gasteiger partial charge in [-0.3, -0.25) is 9.59 Å². The minimum Gasteiger partial charge on any atom is -0.506 e. The van der Waals surface area contributed by atoms with Gasteiger partial charge < -0.3 is 10.4 Å². The second kappa shape index (κ2) is 8.15. The third-order valence-electron chi connectivity index (χ3n) is 5.66. The van der Waals surface area contributed by atoms with Gasteiger partial charge in [-0.25, -0.2) is 0 Å². The number of amides is 1. The Morgan fingerprint density at radius 1 is 1.00 bits per heavy atom. The molecule has 4 heteroatoms. The molecule has 0 bridgehead atoms. The van der Waals surface area contributed by atoms with E-state index in [1.807, 2.05) is 62.4 Å². The Hall–Kier alpha value is -3.40. The number of ketones is 1. The fourth-order valence-electron chi connectivity index (χ4n) is 4.08. The van der Waals surface area contributed by atoms with Crippen molar-refractivity contribution in [3.63, 3.8) is 0 Å². The molecule has 0 fully saturated rings. The average Bonchev–Trinajstić information content (AvgIpc) is 2.73. The third kappa shape index (κ3) is 3.86. The first-order chi connectivity index (χ1) is 14.4. The Morgan fingerprint density at radius 2 is 1.77 bits per heavy atom. The van der Waals surface area contributed by atoms with Crippen LogP contribution < -0.4 is 5.32 Å². The summed E-state index contributed by atoms with van der Waals surface area (Å²) < 4.78 is 0. The third-order valence-corrected chi connectivity index (χ3v) is 5.66. The number of nitrogens with one attached hydrogen (secondary N) is 1. The highest BCUT2D eigenvalue weighted by atomic mass is 16.3. The molecule has 0 unspecified atom stereocenters. The van der Waals surface area contributed by atoms with Gasteiger partial charge in [-0.05, 0) is 49.4 Å². The maximum absolute atomic E-state index is 13.0. The number of carbonyl (C=O) groups is 2. The summed E-state index contributed by atoms with van der Waals surface area (Å²) in [6.45, 7) is 4.35. The van der Waals surface area contributed by atoms with Crippen LogP contribution in [0.4, 0.5) is 0 Å². The van der Waals surface area contributed by atoms with Crippen LogP contribution in [0.15, 0.2) is 54.6 Å². The summed E-state index contributed by atoms with van der Waals surface area (Å²) in [5, 5.41) is 14.0. The first-order valence-electron chi connectivity index (χ1n) is 10.3. The molecule has 0 saturated carbocycles. The van der Waals surface area contributed by atoms with E-state index in [-0.39, 0.29) is 23.0 Å². The normalized spacial score (nSPS) is 13.1. The number of phenols is 1. The predicted octanol–water partition coefficient (Wildman–Crippen LogP) is 5.13. The van der Waals surface area contributed by atoms with E-state index in [2.05, 4.69) is 5.32 Å². The second-order valence-corrected chi connectivity index (χ2v) is 7.99. The van der Waals surface area contributed by atoms with Crippen LogP contribution in [0.3, 0.4) is 0 Å². The largest absolute Gasteiger partial charge is 0.506 e. The van der Waals surface area contributed by atoms with Crippen molar-refractivity contribution in [2.24, 2.45) is 0 Å². The van der Waals surface area contributed by atoms with Gasteiger partial charge in [-0.2, -0.15) is 0 Å². The Labute approximate surface area is 176 Å². The zero-order valence-corrected chi connectivity index (χ0v) is 17.3. The number of aryl methyl sites for hydroxylation is 2. The topological polar surface area (TPSA) is 66.4 Å². The molecule has 2 N–H and O–H groups in total. The van der Waals surface area contributed by atoms with Gasteiger partial charge in [0.1, 0.15) is 5.75 Å². The van der Waals surface area contributed by atoms with Crippen molar-refractivity contribution in [2.75, 3.05) is 0 Å². The molecular formula is C26H25NO3. The minimum absolute atomic E-state index is 0.0253. The van der Waals surface area contributed by atoms with Crippen molar-refractivity contribution in [1.29, 1.82) is 0 Å². The molecule has 3 aromatic carbocycles. The highest BCUT2D eigenvalue weighted by Gasteiger charge is 2.27. The number of benzene rings is 3. The molecule has 1 amide bonds. The molecule has 1 aliphatic rings. The first kappa shape index (κ1) is 19.9. The molecule has 0 aromatic heterocycles. The van der Waals surface area contributed by atoms with E-state index in [9.17, 15) is 14.7 Å². The quantitative estimate of drug-likeness (QED) is 0.639. The van der Waals surface area contributed by atoms with E-state index in [0.717, 1.165) is 34.2 Å². The summed E-state index contributed by atoms with van der Waals surface area (Å²) in [5.41, 5.74) is 6.15. The molecule has 3 aromatic rings. The number of phenolic OH excluding ortho intramolecular Hbond substituents is 1. The zero-order chi connectivity index (χ0) is 21.3. The van der Waals surface area contributed by atoms with Crippen LogP contribution in [0.25, 0.3) is 11.1 Å². The molecule has 1 aliphatic carbocycles. The number of hydrogen-bond donors (Lipinski definition) is 2. The molecule has 0 aliphatic heterocycles. The number of carbonyl (C=O) groups excluding carboxylic acids is 2. The van der Waals surface area contributed by atoms with Crippen LogP contribution >= 0.6 is 0 Å². The fraction of sp³-hybridized carbons (Fsp3) is 0.231. The summed E-state index contributed by atoms with van der Waals surface area (Å²) in [7, 11) is 0. The smallest absolute Gasteiger partial charge is 0.255 e. The second-order valence-electron chi connectivity index (χ2n) is 7.99. The molecule has 30 heavy (non-hydrogen) atoms. The van der Waals surface area contributed by atoms with Crippen molar-refractivity contribution >= 4 is 11.7 Å². The SMILES string of the molecule is Cc1ccc(-c2c(O)c(C(=O)NCc3cccc(C)c3)cc3c2CCCC3=O)cc1. The van der Waals surface area contributed by atoms with Gasteiger partial charge >= 0.3 is 0 Å². The van der Waals surface area contributed by atoms with E-state index in [4.69, 9.17) is 0 Å². The van der Waals surface area contributed by atoms with Crippen molar-refractivity contribution in [1.82, 2.24) is 5.32 Å². The summed E-state index contributed by atoms with van der Waals surface area (Å²) in [5.74, 6) is -0.421. The van der Waals surface area contributed by atoms with E-state index >= 15 is 0 Å². The standard InChI is InChI=1S/C26H25NO3/c1-16-9-11-19(12-10-16)24-20-7-4-8-23(28)21(20)14-22(25(24)29)26(30)27-15-18-6-3-5-17(2)13-18/h3,5-6,9-14,29H,4,7-8,15H2,1-2H3,(H,27,30). The van der Waals surface area contributed by atoms with Gasteiger partial charge in [-0.1, -0.05) is 59.7 Å². The number of aromatic hydroxyl groups is 1. The summed E-state index contributed by atoms with van der Waals surface area (Å²) >= 11 is 0. The van der Waals surface area contributed by atoms with Crippen molar-refractivity contribution in [2.45, 2.75) is 39.7 Å². The van der Waals surface area contributed by atoms with E-state index in [1.54, 1.807) is 6.07 Å². The van der Waals surface area contributed by atoms with Crippen molar-refractivity contribution in [3.8, 4) is 16.9 Å². The Morgan fingerprint density at radius 3 is 2.50 bits per heavy atom. The lowest BCUT2D eigenvalue weighted by Crippen LogP contribution is -2.24. The Balaban J connectivity index is 1.75. The molecule has 4 rings (SSSR count). The molecular weight excluding hydrogens is 374 g/mol. The van der Waals surface area contributed by atoms with E-state index in [0.29, 0.717) is 30.5 Å².